The Labute approximate surface area is 222 Å². The van der Waals surface area contributed by atoms with Gasteiger partial charge in [0.1, 0.15) is 5.75 Å². The van der Waals surface area contributed by atoms with E-state index in [9.17, 15) is 9.59 Å². The number of carbonyl (C=O) groups excluding carboxylic acids is 2. The number of urea groups is 1. The maximum Gasteiger partial charge on any atom is 0.349 e. The summed E-state index contributed by atoms with van der Waals surface area (Å²) in [6, 6.07) is 14.9. The molecule has 1 aliphatic rings. The highest BCUT2D eigenvalue weighted by molar-refractivity contribution is 5.79. The van der Waals surface area contributed by atoms with E-state index in [1.165, 1.54) is 18.2 Å². The number of benzene rings is 2. The van der Waals surface area contributed by atoms with E-state index in [0.29, 0.717) is 12.3 Å². The highest BCUT2D eigenvalue weighted by Gasteiger charge is 2.34. The van der Waals surface area contributed by atoms with Gasteiger partial charge in [-0.15, -0.1) is 0 Å². The van der Waals surface area contributed by atoms with Gasteiger partial charge in [0.15, 0.2) is 5.60 Å². The Balaban J connectivity index is 1.56. The van der Waals surface area contributed by atoms with Crippen LogP contribution in [-0.2, 0) is 27.9 Å². The summed E-state index contributed by atoms with van der Waals surface area (Å²) in [5.41, 5.74) is 3.49. The van der Waals surface area contributed by atoms with Gasteiger partial charge in [-0.05, 0) is 67.3 Å². The smallest absolute Gasteiger partial charge is 0.349 e. The SMILES string of the molecule is C=Cc1cc(CCC[C@H]2CN(Cc3ccc(C(C)(C)C)cc3)C(=O)N2C)ccc1OC(C)(C)C(=O)OC. The molecule has 0 radical (unpaired) electrons. The second-order valence-corrected chi connectivity index (χ2v) is 11.4. The van der Waals surface area contributed by atoms with Crippen molar-refractivity contribution >= 4 is 18.1 Å². The molecule has 1 aliphatic heterocycles. The van der Waals surface area contributed by atoms with E-state index in [1.54, 1.807) is 19.9 Å². The lowest BCUT2D eigenvalue weighted by molar-refractivity contribution is -0.156. The van der Waals surface area contributed by atoms with Gasteiger partial charge in [0.05, 0.1) is 13.2 Å². The van der Waals surface area contributed by atoms with E-state index in [4.69, 9.17) is 9.47 Å². The van der Waals surface area contributed by atoms with Crippen molar-refractivity contribution in [3.8, 4) is 5.75 Å². The standard InChI is InChI=1S/C31H42N2O4/c1-9-24-19-22(15-18-27(24)37-31(5,6)28(34)36-8)11-10-12-26-21-33(29(35)32(26)7)20-23-13-16-25(17-14-23)30(2,3)4/h9,13-19,26H,1,10-12,20-21H2,2-8H3/t26-/m0/s1. The van der Waals surface area contributed by atoms with E-state index in [-0.39, 0.29) is 17.5 Å². The Kier molecular flexibility index (Phi) is 8.72. The summed E-state index contributed by atoms with van der Waals surface area (Å²) in [7, 11) is 3.25. The minimum atomic E-state index is -1.09. The van der Waals surface area contributed by atoms with Crippen molar-refractivity contribution in [2.45, 2.75) is 77.5 Å². The van der Waals surface area contributed by atoms with Crippen molar-refractivity contribution in [3.05, 3.63) is 71.3 Å². The Morgan fingerprint density at radius 2 is 1.73 bits per heavy atom. The number of carbonyl (C=O) groups is 2. The number of rotatable bonds is 10. The maximum atomic E-state index is 12.9. The number of hydrogen-bond donors (Lipinski definition) is 0. The van der Waals surface area contributed by atoms with E-state index >= 15 is 0 Å². The molecule has 2 amide bonds. The van der Waals surface area contributed by atoms with Crippen molar-refractivity contribution in [1.82, 2.24) is 9.80 Å². The highest BCUT2D eigenvalue weighted by atomic mass is 16.6. The Morgan fingerprint density at radius 1 is 1.08 bits per heavy atom. The van der Waals surface area contributed by atoms with Gasteiger partial charge in [-0.25, -0.2) is 9.59 Å². The van der Waals surface area contributed by atoms with Gasteiger partial charge in [-0.2, -0.15) is 0 Å². The molecule has 0 aromatic heterocycles. The van der Waals surface area contributed by atoms with Gasteiger partial charge < -0.3 is 19.3 Å². The first-order chi connectivity index (χ1) is 17.4. The van der Waals surface area contributed by atoms with Gasteiger partial charge >= 0.3 is 12.0 Å². The molecule has 200 valence electrons. The molecule has 0 unspecified atom stereocenters. The molecule has 6 nitrogen and oxygen atoms in total. The lowest BCUT2D eigenvalue weighted by atomic mass is 9.87. The first-order valence-electron chi connectivity index (χ1n) is 13.0. The highest BCUT2D eigenvalue weighted by Crippen LogP contribution is 2.28. The van der Waals surface area contributed by atoms with Gasteiger partial charge in [-0.1, -0.05) is 63.8 Å². The van der Waals surface area contributed by atoms with Crippen LogP contribution in [0.5, 0.6) is 5.75 Å². The minimum absolute atomic E-state index is 0.0913. The van der Waals surface area contributed by atoms with E-state index in [2.05, 4.69) is 51.6 Å². The molecule has 0 aliphatic carbocycles. The number of ether oxygens (including phenoxy) is 2. The van der Waals surface area contributed by atoms with Crippen molar-refractivity contribution in [2.75, 3.05) is 20.7 Å². The molecule has 0 N–H and O–H groups in total. The quantitative estimate of drug-likeness (QED) is 0.359. The number of esters is 1. The molecule has 0 saturated carbocycles. The monoisotopic (exact) mass is 506 g/mol. The zero-order chi connectivity index (χ0) is 27.4. The zero-order valence-corrected chi connectivity index (χ0v) is 23.5. The lowest BCUT2D eigenvalue weighted by Gasteiger charge is -2.24. The molecule has 1 atom stereocenters. The predicted molar refractivity (Wildman–Crippen MR) is 149 cm³/mol. The fourth-order valence-electron chi connectivity index (χ4n) is 4.69. The molecule has 0 spiro atoms. The molecule has 6 heteroatoms. The largest absolute Gasteiger partial charge is 0.476 e. The third kappa shape index (κ3) is 6.94. The van der Waals surface area contributed by atoms with Crippen molar-refractivity contribution < 1.29 is 19.1 Å². The summed E-state index contributed by atoms with van der Waals surface area (Å²) < 4.78 is 10.8. The fourth-order valence-corrected chi connectivity index (χ4v) is 4.69. The normalized spacial score (nSPS) is 16.2. The van der Waals surface area contributed by atoms with Crippen LogP contribution >= 0.6 is 0 Å². The summed E-state index contributed by atoms with van der Waals surface area (Å²) in [4.78, 5) is 28.7. The Hall–Kier alpha value is -3.28. The number of amides is 2. The predicted octanol–water partition coefficient (Wildman–Crippen LogP) is 6.22. The molecule has 37 heavy (non-hydrogen) atoms. The van der Waals surface area contributed by atoms with Crippen LogP contribution in [0, 0.1) is 0 Å². The van der Waals surface area contributed by atoms with Crippen LogP contribution in [0.1, 0.15) is 69.7 Å². The molecule has 3 rings (SSSR count). The average molecular weight is 507 g/mol. The van der Waals surface area contributed by atoms with Crippen molar-refractivity contribution in [1.29, 1.82) is 0 Å². The van der Waals surface area contributed by atoms with Crippen LogP contribution < -0.4 is 4.74 Å². The summed E-state index contributed by atoms with van der Waals surface area (Å²) in [6.45, 7) is 15.3. The molecule has 1 fully saturated rings. The zero-order valence-electron chi connectivity index (χ0n) is 23.5. The fraction of sp³-hybridized carbons (Fsp3) is 0.484. The van der Waals surface area contributed by atoms with Crippen LogP contribution in [0.2, 0.25) is 0 Å². The molecular weight excluding hydrogens is 464 g/mol. The number of methoxy groups -OCH3 is 1. The first-order valence-corrected chi connectivity index (χ1v) is 13.0. The van der Waals surface area contributed by atoms with E-state index in [1.807, 2.05) is 35.0 Å². The van der Waals surface area contributed by atoms with Gasteiger partial charge in [0.2, 0.25) is 0 Å². The van der Waals surface area contributed by atoms with E-state index < -0.39 is 11.6 Å². The molecule has 2 aromatic rings. The summed E-state index contributed by atoms with van der Waals surface area (Å²) in [6.07, 6.45) is 4.51. The lowest BCUT2D eigenvalue weighted by Crippen LogP contribution is -2.39. The second-order valence-electron chi connectivity index (χ2n) is 11.4. The van der Waals surface area contributed by atoms with Gasteiger partial charge in [0, 0.05) is 25.7 Å². The Morgan fingerprint density at radius 3 is 2.32 bits per heavy atom. The number of nitrogens with zero attached hydrogens (tertiary/aromatic N) is 2. The van der Waals surface area contributed by atoms with Crippen LogP contribution in [0.3, 0.4) is 0 Å². The van der Waals surface area contributed by atoms with Crippen LogP contribution in [-0.4, -0.2) is 54.1 Å². The average Bonchev–Trinajstić information content (AvgIpc) is 3.11. The summed E-state index contributed by atoms with van der Waals surface area (Å²) in [5.74, 6) is 0.166. The van der Waals surface area contributed by atoms with Crippen LogP contribution in [0.25, 0.3) is 6.08 Å². The number of hydrogen-bond acceptors (Lipinski definition) is 4. The first kappa shape index (κ1) is 28.3. The van der Waals surface area contributed by atoms with Gasteiger partial charge in [-0.3, -0.25) is 0 Å². The van der Waals surface area contributed by atoms with Gasteiger partial charge in [0.25, 0.3) is 0 Å². The molecule has 2 aromatic carbocycles. The Bertz CT molecular complexity index is 1120. The number of aryl methyl sites for hydroxylation is 1. The van der Waals surface area contributed by atoms with Crippen LogP contribution in [0.15, 0.2) is 49.0 Å². The maximum absolute atomic E-state index is 12.9. The molecule has 0 bridgehead atoms. The summed E-state index contributed by atoms with van der Waals surface area (Å²) in [5, 5.41) is 0. The number of likely N-dealkylation sites (N-methyl/N-ethyl adjacent to an activating group) is 1. The molecule has 1 saturated heterocycles. The van der Waals surface area contributed by atoms with Crippen LogP contribution in [0.4, 0.5) is 4.79 Å². The minimum Gasteiger partial charge on any atom is -0.476 e. The van der Waals surface area contributed by atoms with Crippen molar-refractivity contribution in [2.24, 2.45) is 0 Å². The third-order valence-corrected chi connectivity index (χ3v) is 7.08. The molecule has 1 heterocycles. The summed E-state index contributed by atoms with van der Waals surface area (Å²) >= 11 is 0. The van der Waals surface area contributed by atoms with E-state index in [0.717, 1.165) is 36.9 Å². The topological polar surface area (TPSA) is 59.1 Å². The molecular formula is C31H42N2O4. The third-order valence-electron chi connectivity index (χ3n) is 7.08. The second kappa shape index (κ2) is 11.4. The van der Waals surface area contributed by atoms with Crippen molar-refractivity contribution in [3.63, 3.8) is 0 Å².